The summed E-state index contributed by atoms with van der Waals surface area (Å²) >= 11 is 1.54. The summed E-state index contributed by atoms with van der Waals surface area (Å²) in [4.78, 5) is 7.75. The minimum absolute atomic E-state index is 0.233. The Bertz CT molecular complexity index is 764. The summed E-state index contributed by atoms with van der Waals surface area (Å²) in [5, 5.41) is 19.5. The van der Waals surface area contributed by atoms with Crippen molar-refractivity contribution in [1.29, 1.82) is 5.41 Å². The summed E-state index contributed by atoms with van der Waals surface area (Å²) in [5.41, 5.74) is 2.58. The molecule has 1 aliphatic heterocycles. The normalized spacial score (nSPS) is 16.3. The van der Waals surface area contributed by atoms with Crippen molar-refractivity contribution in [3.8, 4) is 11.3 Å². The lowest BCUT2D eigenvalue weighted by molar-refractivity contribution is 0.301. The molecule has 0 spiro atoms. The van der Waals surface area contributed by atoms with Gasteiger partial charge in [0.2, 0.25) is 0 Å². The van der Waals surface area contributed by atoms with Gasteiger partial charge in [-0.3, -0.25) is 5.41 Å². The number of amidine groups is 1. The summed E-state index contributed by atoms with van der Waals surface area (Å²) in [5.74, 6) is 0.633. The third-order valence-corrected chi connectivity index (χ3v) is 5.30. The van der Waals surface area contributed by atoms with Gasteiger partial charge in [-0.05, 0) is 20.3 Å². The van der Waals surface area contributed by atoms with Gasteiger partial charge in [0.25, 0.3) is 0 Å². The molecule has 0 saturated heterocycles. The van der Waals surface area contributed by atoms with Gasteiger partial charge in [-0.25, -0.2) is 4.98 Å². The first-order valence-corrected chi connectivity index (χ1v) is 8.65. The fourth-order valence-electron chi connectivity index (χ4n) is 2.79. The third kappa shape index (κ3) is 2.77. The summed E-state index contributed by atoms with van der Waals surface area (Å²) in [6.45, 7) is 6.61. The van der Waals surface area contributed by atoms with E-state index in [9.17, 15) is 5.11 Å². The zero-order valence-corrected chi connectivity index (χ0v) is 14.4. The van der Waals surface area contributed by atoms with Crippen LogP contribution in [-0.4, -0.2) is 33.4 Å². The van der Waals surface area contributed by atoms with Crippen LogP contribution in [0.15, 0.2) is 36.1 Å². The van der Waals surface area contributed by atoms with Crippen LogP contribution in [0.5, 0.6) is 0 Å². The average molecular weight is 327 g/mol. The van der Waals surface area contributed by atoms with Gasteiger partial charge in [-0.2, -0.15) is 0 Å². The third-order valence-electron chi connectivity index (χ3n) is 4.31. The molecule has 1 atom stereocenters. The lowest BCUT2D eigenvalue weighted by Crippen LogP contribution is -2.34. The van der Waals surface area contributed by atoms with Crippen LogP contribution >= 0.6 is 11.3 Å². The minimum atomic E-state index is 0.233. The van der Waals surface area contributed by atoms with Crippen molar-refractivity contribution in [3.63, 3.8) is 0 Å². The van der Waals surface area contributed by atoms with E-state index in [1.807, 2.05) is 42.2 Å². The number of nitrogens with zero attached hydrogens (tertiary/aromatic N) is 2. The number of nitrogens with one attached hydrogen (secondary N) is 1. The highest BCUT2D eigenvalue weighted by Crippen LogP contribution is 2.35. The van der Waals surface area contributed by atoms with Crippen LogP contribution in [0.2, 0.25) is 0 Å². The van der Waals surface area contributed by atoms with Gasteiger partial charge in [0.15, 0.2) is 0 Å². The standard InChI is InChI=1S/C18H21N3OS/c1-4-11(2)21-10-14(22)15(17(21)19)18-20-16(12(3)23-18)13-8-6-5-7-9-13/h5-9,11,19,22H,4,10H2,1-3H3. The van der Waals surface area contributed by atoms with Gasteiger partial charge in [0.1, 0.15) is 16.6 Å². The summed E-state index contributed by atoms with van der Waals surface area (Å²) in [6.07, 6.45) is 0.940. The number of benzene rings is 1. The number of rotatable bonds is 4. The first-order valence-electron chi connectivity index (χ1n) is 7.83. The number of aliphatic hydroxyl groups excluding tert-OH is 1. The Morgan fingerprint density at radius 1 is 1.35 bits per heavy atom. The van der Waals surface area contributed by atoms with Crippen LogP contribution in [0, 0.1) is 12.3 Å². The van der Waals surface area contributed by atoms with Crippen molar-refractivity contribution in [2.45, 2.75) is 33.2 Å². The molecule has 5 heteroatoms. The Kier molecular flexibility index (Phi) is 4.22. The lowest BCUT2D eigenvalue weighted by Gasteiger charge is -2.25. The zero-order valence-electron chi connectivity index (χ0n) is 13.6. The largest absolute Gasteiger partial charge is 0.510 e. The second-order valence-corrected chi connectivity index (χ2v) is 7.05. The van der Waals surface area contributed by atoms with E-state index < -0.39 is 0 Å². The molecule has 1 unspecified atom stereocenters. The summed E-state index contributed by atoms with van der Waals surface area (Å²) in [7, 11) is 0. The van der Waals surface area contributed by atoms with E-state index in [0.717, 1.165) is 27.6 Å². The van der Waals surface area contributed by atoms with Crippen LogP contribution in [0.1, 0.15) is 30.2 Å². The number of aromatic nitrogens is 1. The maximum atomic E-state index is 10.4. The molecule has 1 aliphatic rings. The lowest BCUT2D eigenvalue weighted by atomic mass is 10.1. The smallest absolute Gasteiger partial charge is 0.135 e. The number of hydrogen-bond donors (Lipinski definition) is 2. The van der Waals surface area contributed by atoms with E-state index in [4.69, 9.17) is 10.4 Å². The number of thiazole rings is 1. The molecule has 1 aromatic heterocycles. The molecule has 0 aliphatic carbocycles. The maximum absolute atomic E-state index is 10.4. The van der Waals surface area contributed by atoms with E-state index in [0.29, 0.717) is 18.0 Å². The van der Waals surface area contributed by atoms with Crippen molar-refractivity contribution in [1.82, 2.24) is 9.88 Å². The predicted molar refractivity (Wildman–Crippen MR) is 96.0 cm³/mol. The number of aliphatic hydroxyl groups is 1. The van der Waals surface area contributed by atoms with Gasteiger partial charge in [0.05, 0.1) is 17.8 Å². The highest BCUT2D eigenvalue weighted by molar-refractivity contribution is 7.13. The average Bonchev–Trinajstić information content (AvgIpc) is 3.07. The topological polar surface area (TPSA) is 60.2 Å². The SMILES string of the molecule is CCC(C)N1CC(O)=C(c2nc(-c3ccccc3)c(C)s2)C1=N. The van der Waals surface area contributed by atoms with E-state index in [2.05, 4.69) is 13.8 Å². The van der Waals surface area contributed by atoms with Crippen molar-refractivity contribution >= 4 is 22.7 Å². The van der Waals surface area contributed by atoms with Crippen LogP contribution in [0.4, 0.5) is 0 Å². The summed E-state index contributed by atoms with van der Waals surface area (Å²) in [6, 6.07) is 10.3. The van der Waals surface area contributed by atoms with Crippen LogP contribution < -0.4 is 0 Å². The molecule has 120 valence electrons. The molecule has 23 heavy (non-hydrogen) atoms. The van der Waals surface area contributed by atoms with Crippen molar-refractivity contribution < 1.29 is 5.11 Å². The van der Waals surface area contributed by atoms with Crippen LogP contribution in [0.25, 0.3) is 16.8 Å². The first-order chi connectivity index (χ1) is 11.0. The molecule has 0 radical (unpaired) electrons. The van der Waals surface area contributed by atoms with E-state index >= 15 is 0 Å². The highest BCUT2D eigenvalue weighted by atomic mass is 32.1. The van der Waals surface area contributed by atoms with Crippen LogP contribution in [-0.2, 0) is 0 Å². The van der Waals surface area contributed by atoms with E-state index in [1.54, 1.807) is 0 Å². The first kappa shape index (κ1) is 15.7. The Morgan fingerprint density at radius 3 is 2.70 bits per heavy atom. The van der Waals surface area contributed by atoms with E-state index in [-0.39, 0.29) is 11.8 Å². The molecule has 2 N–H and O–H groups in total. The van der Waals surface area contributed by atoms with Crippen molar-refractivity contribution in [3.05, 3.63) is 46.0 Å². The molecule has 4 nitrogen and oxygen atoms in total. The van der Waals surface area contributed by atoms with Crippen molar-refractivity contribution in [2.24, 2.45) is 0 Å². The van der Waals surface area contributed by atoms with Gasteiger partial charge in [-0.1, -0.05) is 37.3 Å². The Labute approximate surface area is 140 Å². The molecule has 0 amide bonds. The van der Waals surface area contributed by atoms with Crippen molar-refractivity contribution in [2.75, 3.05) is 6.54 Å². The maximum Gasteiger partial charge on any atom is 0.135 e. The predicted octanol–water partition coefficient (Wildman–Crippen LogP) is 4.48. The Balaban J connectivity index is 1.97. The molecule has 3 rings (SSSR count). The quantitative estimate of drug-likeness (QED) is 0.870. The Morgan fingerprint density at radius 2 is 2.04 bits per heavy atom. The van der Waals surface area contributed by atoms with Crippen LogP contribution in [0.3, 0.4) is 0 Å². The monoisotopic (exact) mass is 327 g/mol. The fraction of sp³-hybridized carbons (Fsp3) is 0.333. The van der Waals surface area contributed by atoms with Gasteiger partial charge >= 0.3 is 0 Å². The molecule has 0 saturated carbocycles. The summed E-state index contributed by atoms with van der Waals surface area (Å²) < 4.78 is 0. The second kappa shape index (κ2) is 6.16. The second-order valence-electron chi connectivity index (χ2n) is 5.85. The number of aryl methyl sites for hydroxylation is 1. The number of hydrogen-bond acceptors (Lipinski definition) is 4. The van der Waals surface area contributed by atoms with E-state index in [1.165, 1.54) is 11.3 Å². The van der Waals surface area contributed by atoms with Gasteiger partial charge < -0.3 is 10.0 Å². The molecular weight excluding hydrogens is 306 g/mol. The molecule has 0 fully saturated rings. The van der Waals surface area contributed by atoms with Gasteiger partial charge in [0, 0.05) is 16.5 Å². The molecule has 1 aromatic carbocycles. The molecule has 0 bridgehead atoms. The molecule has 2 aromatic rings. The van der Waals surface area contributed by atoms with Gasteiger partial charge in [-0.15, -0.1) is 11.3 Å². The molecular formula is C18H21N3OS. The fourth-order valence-corrected chi connectivity index (χ4v) is 3.79. The molecule has 2 heterocycles. The Hall–Kier alpha value is -2.14. The highest BCUT2D eigenvalue weighted by Gasteiger charge is 2.32. The minimum Gasteiger partial charge on any atom is -0.510 e. The zero-order chi connectivity index (χ0) is 16.6.